The first kappa shape index (κ1) is 15.1. The van der Waals surface area contributed by atoms with E-state index in [-0.39, 0.29) is 5.69 Å². The molecule has 124 valence electrons. The van der Waals surface area contributed by atoms with Crippen LogP contribution in [0.2, 0.25) is 0 Å². The normalized spacial score (nSPS) is 24.8. The lowest BCUT2D eigenvalue weighted by atomic mass is 9.77. The van der Waals surface area contributed by atoms with E-state index in [1.165, 1.54) is 17.7 Å². The molecule has 1 fully saturated rings. The number of ether oxygens (including phenoxy) is 1. The maximum Gasteiger partial charge on any atom is 0.269 e. The van der Waals surface area contributed by atoms with Crippen LogP contribution in [-0.2, 0) is 6.42 Å². The summed E-state index contributed by atoms with van der Waals surface area (Å²) >= 11 is 0. The van der Waals surface area contributed by atoms with Gasteiger partial charge in [-0.15, -0.1) is 0 Å². The van der Waals surface area contributed by atoms with E-state index in [1.54, 1.807) is 12.1 Å². The molecular weight excluding hydrogens is 306 g/mol. The van der Waals surface area contributed by atoms with Crippen molar-refractivity contribution in [3.8, 4) is 5.75 Å². The number of non-ortho nitro benzene ring substituents is 1. The standard InChI is InChI=1S/C19H19NO4/c21-19-10-2-4-15(12-19)17-5-1-3-14(18(17)24-19)11-13-6-8-16(9-7-13)20(22)23/h1,3,5-9,15,21H,2,4,10-12H2. The second-order valence-corrected chi connectivity index (χ2v) is 6.78. The second-order valence-electron chi connectivity index (χ2n) is 6.78. The molecule has 0 radical (unpaired) electrons. The number of aliphatic hydroxyl groups is 1. The van der Waals surface area contributed by atoms with Gasteiger partial charge in [0, 0.05) is 31.4 Å². The van der Waals surface area contributed by atoms with E-state index in [0.717, 1.165) is 29.7 Å². The summed E-state index contributed by atoms with van der Waals surface area (Å²) in [7, 11) is 0. The average Bonchev–Trinajstić information content (AvgIpc) is 2.56. The summed E-state index contributed by atoms with van der Waals surface area (Å²) in [5, 5.41) is 21.4. The molecule has 1 saturated carbocycles. The predicted molar refractivity (Wildman–Crippen MR) is 89.1 cm³/mol. The van der Waals surface area contributed by atoms with Gasteiger partial charge in [-0.1, -0.05) is 30.3 Å². The molecule has 1 aliphatic heterocycles. The summed E-state index contributed by atoms with van der Waals surface area (Å²) in [5.41, 5.74) is 3.28. The highest BCUT2D eigenvalue weighted by atomic mass is 16.6. The highest BCUT2D eigenvalue weighted by Crippen LogP contribution is 2.49. The van der Waals surface area contributed by atoms with Gasteiger partial charge < -0.3 is 9.84 Å². The van der Waals surface area contributed by atoms with Crippen LogP contribution in [0.25, 0.3) is 0 Å². The Bertz CT molecular complexity index is 786. The zero-order valence-corrected chi connectivity index (χ0v) is 13.3. The van der Waals surface area contributed by atoms with Gasteiger partial charge in [0.15, 0.2) is 0 Å². The van der Waals surface area contributed by atoms with Crippen LogP contribution in [0.15, 0.2) is 42.5 Å². The lowest BCUT2D eigenvalue weighted by Gasteiger charge is -2.43. The lowest BCUT2D eigenvalue weighted by Crippen LogP contribution is -2.43. The number of benzene rings is 2. The SMILES string of the molecule is O=[N+]([O-])c1ccc(Cc2cccc3c2OC2(O)CCCC3C2)cc1. The van der Waals surface area contributed by atoms with Crippen molar-refractivity contribution in [1.82, 2.24) is 0 Å². The maximum atomic E-state index is 10.8. The van der Waals surface area contributed by atoms with Gasteiger partial charge in [0.05, 0.1) is 4.92 Å². The molecule has 4 rings (SSSR count). The predicted octanol–water partition coefficient (Wildman–Crippen LogP) is 3.92. The maximum absolute atomic E-state index is 10.8. The minimum absolute atomic E-state index is 0.0916. The van der Waals surface area contributed by atoms with E-state index in [9.17, 15) is 15.2 Å². The minimum Gasteiger partial charge on any atom is -0.462 e. The fraction of sp³-hybridized carbons (Fsp3) is 0.368. The second kappa shape index (κ2) is 5.60. The Morgan fingerprint density at radius 3 is 2.79 bits per heavy atom. The molecule has 1 aliphatic carbocycles. The van der Waals surface area contributed by atoms with Crippen molar-refractivity contribution in [1.29, 1.82) is 0 Å². The zero-order valence-electron chi connectivity index (χ0n) is 13.3. The van der Waals surface area contributed by atoms with Crippen LogP contribution in [0, 0.1) is 10.1 Å². The van der Waals surface area contributed by atoms with Crippen LogP contribution in [0.1, 0.15) is 48.3 Å². The molecule has 5 nitrogen and oxygen atoms in total. The quantitative estimate of drug-likeness (QED) is 0.685. The van der Waals surface area contributed by atoms with E-state index >= 15 is 0 Å². The van der Waals surface area contributed by atoms with Gasteiger partial charge in [0.1, 0.15) is 5.75 Å². The smallest absolute Gasteiger partial charge is 0.269 e. The fourth-order valence-electron chi connectivity index (χ4n) is 3.91. The summed E-state index contributed by atoms with van der Waals surface area (Å²) in [5.74, 6) is 0.111. The number of hydrogen-bond acceptors (Lipinski definition) is 4. The van der Waals surface area contributed by atoms with Crippen LogP contribution < -0.4 is 4.74 Å². The molecular formula is C19H19NO4. The molecule has 24 heavy (non-hydrogen) atoms. The van der Waals surface area contributed by atoms with Gasteiger partial charge in [0.25, 0.3) is 5.69 Å². The molecule has 2 bridgehead atoms. The average molecular weight is 325 g/mol. The van der Waals surface area contributed by atoms with Crippen LogP contribution in [0.3, 0.4) is 0 Å². The Morgan fingerprint density at radius 1 is 1.25 bits per heavy atom. The molecule has 2 unspecified atom stereocenters. The number of nitro groups is 1. The number of nitro benzene ring substituents is 1. The van der Waals surface area contributed by atoms with Gasteiger partial charge >= 0.3 is 0 Å². The van der Waals surface area contributed by atoms with E-state index in [2.05, 4.69) is 6.07 Å². The van der Waals surface area contributed by atoms with Crippen molar-refractivity contribution < 1.29 is 14.8 Å². The van der Waals surface area contributed by atoms with Crippen LogP contribution in [0.4, 0.5) is 5.69 Å². The van der Waals surface area contributed by atoms with Gasteiger partial charge in [-0.25, -0.2) is 0 Å². The molecule has 2 aliphatic rings. The van der Waals surface area contributed by atoms with Crippen molar-refractivity contribution in [3.63, 3.8) is 0 Å². The fourth-order valence-corrected chi connectivity index (χ4v) is 3.91. The van der Waals surface area contributed by atoms with Crippen LogP contribution >= 0.6 is 0 Å². The lowest BCUT2D eigenvalue weighted by molar-refractivity contribution is -0.384. The number of fused-ring (bicyclic) bond motifs is 4. The Labute approximate surface area is 140 Å². The van der Waals surface area contributed by atoms with Crippen molar-refractivity contribution in [2.45, 2.75) is 43.8 Å². The van der Waals surface area contributed by atoms with Crippen LogP contribution in [-0.4, -0.2) is 15.8 Å². The molecule has 2 atom stereocenters. The molecule has 2 aromatic rings. The Balaban J connectivity index is 1.66. The zero-order chi connectivity index (χ0) is 16.7. The van der Waals surface area contributed by atoms with Crippen molar-refractivity contribution in [3.05, 3.63) is 69.3 Å². The topological polar surface area (TPSA) is 72.6 Å². The van der Waals surface area contributed by atoms with E-state index in [4.69, 9.17) is 4.74 Å². The summed E-state index contributed by atoms with van der Waals surface area (Å²) in [6, 6.07) is 12.7. The molecule has 5 heteroatoms. The van der Waals surface area contributed by atoms with Gasteiger partial charge in [-0.05, 0) is 35.4 Å². The molecule has 1 heterocycles. The molecule has 0 spiro atoms. The monoisotopic (exact) mass is 325 g/mol. The number of para-hydroxylation sites is 1. The number of rotatable bonds is 3. The van der Waals surface area contributed by atoms with E-state index in [1.807, 2.05) is 12.1 Å². The van der Waals surface area contributed by atoms with E-state index < -0.39 is 10.7 Å². The molecule has 0 amide bonds. The van der Waals surface area contributed by atoms with E-state index in [0.29, 0.717) is 25.2 Å². The van der Waals surface area contributed by atoms with Crippen molar-refractivity contribution in [2.24, 2.45) is 0 Å². The van der Waals surface area contributed by atoms with Crippen LogP contribution in [0.5, 0.6) is 5.75 Å². The first-order valence-electron chi connectivity index (χ1n) is 8.31. The first-order valence-corrected chi connectivity index (χ1v) is 8.31. The summed E-state index contributed by atoms with van der Waals surface area (Å²) < 4.78 is 6.00. The van der Waals surface area contributed by atoms with Gasteiger partial charge in [0.2, 0.25) is 5.79 Å². The molecule has 2 aromatic carbocycles. The molecule has 0 saturated heterocycles. The van der Waals surface area contributed by atoms with Gasteiger partial charge in [-0.2, -0.15) is 0 Å². The Hall–Kier alpha value is -2.40. The Morgan fingerprint density at radius 2 is 2.04 bits per heavy atom. The third kappa shape index (κ3) is 2.65. The summed E-state index contributed by atoms with van der Waals surface area (Å²) in [6.07, 6.45) is 4.03. The molecule has 0 aromatic heterocycles. The Kier molecular flexibility index (Phi) is 3.53. The highest BCUT2D eigenvalue weighted by Gasteiger charge is 2.42. The van der Waals surface area contributed by atoms with Crippen molar-refractivity contribution in [2.75, 3.05) is 0 Å². The minimum atomic E-state index is -1.04. The number of nitrogens with zero attached hydrogens (tertiary/aromatic N) is 1. The number of hydrogen-bond donors (Lipinski definition) is 1. The first-order chi connectivity index (χ1) is 11.5. The third-order valence-electron chi connectivity index (χ3n) is 5.09. The summed E-state index contributed by atoms with van der Waals surface area (Å²) in [4.78, 5) is 10.4. The van der Waals surface area contributed by atoms with Crippen molar-refractivity contribution >= 4 is 5.69 Å². The van der Waals surface area contributed by atoms with Gasteiger partial charge in [-0.3, -0.25) is 10.1 Å². The molecule has 1 N–H and O–H groups in total. The highest BCUT2D eigenvalue weighted by molar-refractivity contribution is 5.48. The largest absolute Gasteiger partial charge is 0.462 e. The third-order valence-corrected chi connectivity index (χ3v) is 5.09. The summed E-state index contributed by atoms with van der Waals surface area (Å²) in [6.45, 7) is 0.